The summed E-state index contributed by atoms with van der Waals surface area (Å²) in [4.78, 5) is 19.6. The average molecular weight is 225 g/mol. The number of carboxylic acids is 2. The first-order chi connectivity index (χ1) is 4.04. The first kappa shape index (κ1) is 17.4. The van der Waals surface area contributed by atoms with Crippen molar-refractivity contribution >= 4 is 35.0 Å². The van der Waals surface area contributed by atoms with Crippen LogP contribution in [0.4, 0.5) is 0 Å². The second kappa shape index (κ2) is 8.39. The maximum atomic E-state index is 9.85. The van der Waals surface area contributed by atoms with Gasteiger partial charge in [0.05, 0.1) is 6.42 Å². The molecule has 0 aliphatic carbocycles. The van der Waals surface area contributed by atoms with Crippen LogP contribution in [0.25, 0.3) is 0 Å². The molecule has 0 amide bonds. The first-order valence-electron chi connectivity index (χ1n) is 2.24. The number of hydrogen-bond acceptors (Lipinski definition) is 3. The van der Waals surface area contributed by atoms with Crippen LogP contribution in [-0.2, 0) is 29.1 Å². The number of carbonyl (C=O) groups is 2. The maximum absolute atomic E-state index is 9.85. The van der Waals surface area contributed by atoms with E-state index in [-0.39, 0.29) is 42.5 Å². The molecule has 0 radical (unpaired) electrons. The molecule has 0 aliphatic rings. The number of hydrogen-bond donors (Lipinski definition) is 3. The van der Waals surface area contributed by atoms with Crippen molar-refractivity contribution in [3.05, 3.63) is 0 Å². The van der Waals surface area contributed by atoms with Crippen LogP contribution in [0.2, 0.25) is 0 Å². The predicted molar refractivity (Wildman–Crippen MR) is 36.4 cm³/mol. The molecule has 0 aromatic rings. The Morgan fingerprint density at radius 1 is 1.36 bits per heavy atom. The average Bonchev–Trinajstić information content (AvgIpc) is 1.63. The molecule has 7 heteroatoms. The monoisotopic (exact) mass is 223 g/mol. The van der Waals surface area contributed by atoms with E-state index in [0.717, 1.165) is 0 Å². The van der Waals surface area contributed by atoms with Gasteiger partial charge in [0.2, 0.25) is 0 Å². The van der Waals surface area contributed by atoms with Gasteiger partial charge in [0, 0.05) is 19.5 Å². The fourth-order valence-corrected chi connectivity index (χ4v) is 0.275. The summed E-state index contributed by atoms with van der Waals surface area (Å²) < 4.78 is 0. The fraction of sp³-hybridized carbons (Fsp3) is 0.500. The summed E-state index contributed by atoms with van der Waals surface area (Å²) in [5, 5.41) is 16.0. The zero-order valence-corrected chi connectivity index (χ0v) is 8.25. The fourth-order valence-electron chi connectivity index (χ4n) is 0.275. The van der Waals surface area contributed by atoms with Gasteiger partial charge in [-0.2, -0.15) is 0 Å². The van der Waals surface area contributed by atoms with Gasteiger partial charge >= 0.3 is 35.0 Å². The number of carboxylic acid groups (broad SMARTS) is 2. The van der Waals surface area contributed by atoms with Crippen molar-refractivity contribution in [2.24, 2.45) is 5.73 Å². The van der Waals surface area contributed by atoms with E-state index in [1.165, 1.54) is 0 Å². The number of rotatable bonds is 3. The molecule has 5 nitrogen and oxygen atoms in total. The minimum atomic E-state index is -1.29. The summed E-state index contributed by atoms with van der Waals surface area (Å²) in [5.41, 5.74) is 4.84. The van der Waals surface area contributed by atoms with Crippen LogP contribution in [0, 0.1) is 0 Å². The van der Waals surface area contributed by atoms with Crippen LogP contribution in [0.15, 0.2) is 0 Å². The molecule has 0 aromatic heterocycles. The van der Waals surface area contributed by atoms with Gasteiger partial charge in [-0.1, -0.05) is 0 Å². The van der Waals surface area contributed by atoms with Crippen LogP contribution in [-0.4, -0.2) is 51.2 Å². The van der Waals surface area contributed by atoms with Crippen LogP contribution in [0.1, 0.15) is 6.42 Å². The Morgan fingerprint density at radius 2 is 1.73 bits per heavy atom. The molecule has 0 fully saturated rings. The molecular weight excluding hydrogens is 216 g/mol. The molecule has 0 aromatic carbocycles. The van der Waals surface area contributed by atoms with Gasteiger partial charge in [0.25, 0.3) is 0 Å². The predicted octanol–water partition coefficient (Wildman–Crippen LogP) is -2.05. The van der Waals surface area contributed by atoms with Crippen molar-refractivity contribution in [2.75, 3.05) is 0 Å². The molecule has 0 saturated heterocycles. The Balaban J connectivity index is -0.000000320. The van der Waals surface area contributed by atoms with E-state index in [0.29, 0.717) is 0 Å². The summed E-state index contributed by atoms with van der Waals surface area (Å²) >= 11 is 0. The van der Waals surface area contributed by atoms with E-state index in [1.807, 2.05) is 0 Å². The van der Waals surface area contributed by atoms with E-state index in [1.54, 1.807) is 0 Å². The van der Waals surface area contributed by atoms with E-state index in [4.69, 9.17) is 15.9 Å². The van der Waals surface area contributed by atoms with E-state index in [9.17, 15) is 9.59 Å². The van der Waals surface area contributed by atoms with Gasteiger partial charge in [0.15, 0.2) is 0 Å². The minimum absolute atomic E-state index is 0. The third-order valence-corrected chi connectivity index (χ3v) is 0.712. The zero-order valence-electron chi connectivity index (χ0n) is 5.28. The Kier molecular flexibility index (Phi) is 13.3. The standard InChI is InChI=1S/C4H7NO4.Mg.Zn.2H/c5-2(4(8)9)1-3(6)7;;;;/h2H,1,5H2,(H,6,7)(H,8,9);;;;/t2-;;;;/m0..../s1. The largest absolute Gasteiger partial charge is 0.481 e. The Morgan fingerprint density at radius 3 is 1.82 bits per heavy atom. The van der Waals surface area contributed by atoms with Gasteiger partial charge in [-0.15, -0.1) is 0 Å². The van der Waals surface area contributed by atoms with Crippen molar-refractivity contribution in [1.82, 2.24) is 0 Å². The van der Waals surface area contributed by atoms with Crippen molar-refractivity contribution in [3.63, 3.8) is 0 Å². The van der Waals surface area contributed by atoms with Gasteiger partial charge < -0.3 is 15.9 Å². The third-order valence-electron chi connectivity index (χ3n) is 0.712. The van der Waals surface area contributed by atoms with E-state index in [2.05, 4.69) is 0 Å². The molecule has 0 spiro atoms. The van der Waals surface area contributed by atoms with Gasteiger partial charge in [-0.25, -0.2) is 0 Å². The molecule has 0 saturated carbocycles. The van der Waals surface area contributed by atoms with Crippen molar-refractivity contribution in [2.45, 2.75) is 12.5 Å². The molecule has 58 valence electrons. The molecule has 0 bridgehead atoms. The molecule has 0 rings (SSSR count). The normalized spacial score (nSPS) is 10.3. The second-order valence-corrected chi connectivity index (χ2v) is 1.54. The topological polar surface area (TPSA) is 101 Å². The van der Waals surface area contributed by atoms with Gasteiger partial charge in [0.1, 0.15) is 6.04 Å². The number of aliphatic carboxylic acids is 2. The number of nitrogens with two attached hydrogens (primary N) is 1. The molecular formula is C4H9MgNO4Zn. The van der Waals surface area contributed by atoms with Crippen molar-refractivity contribution < 1.29 is 39.3 Å². The van der Waals surface area contributed by atoms with Crippen LogP contribution < -0.4 is 5.73 Å². The third kappa shape index (κ3) is 10.3. The Labute approximate surface area is 92.2 Å². The second-order valence-electron chi connectivity index (χ2n) is 1.54. The van der Waals surface area contributed by atoms with E-state index >= 15 is 0 Å². The van der Waals surface area contributed by atoms with Crippen LogP contribution in [0.3, 0.4) is 0 Å². The Hall–Kier alpha value is 0.290. The molecule has 11 heavy (non-hydrogen) atoms. The summed E-state index contributed by atoms with van der Waals surface area (Å²) in [7, 11) is 0. The summed E-state index contributed by atoms with van der Waals surface area (Å²) in [6.45, 7) is 0. The molecule has 1 atom stereocenters. The summed E-state index contributed by atoms with van der Waals surface area (Å²) in [6.07, 6.45) is -0.532. The molecule has 0 heterocycles. The van der Waals surface area contributed by atoms with Crippen molar-refractivity contribution in [3.8, 4) is 0 Å². The minimum Gasteiger partial charge on any atom is -0.481 e. The maximum Gasteiger partial charge on any atom is 0.321 e. The molecule has 4 N–H and O–H groups in total. The SMILES string of the molecule is N[C@@H](CC(=O)O)C(=O)O.[MgH2].[Zn]. The zero-order chi connectivity index (χ0) is 7.44. The quantitative estimate of drug-likeness (QED) is 0.480. The van der Waals surface area contributed by atoms with Gasteiger partial charge in [-0.3, -0.25) is 9.59 Å². The summed E-state index contributed by atoms with van der Waals surface area (Å²) in [5.74, 6) is -2.50. The van der Waals surface area contributed by atoms with E-state index < -0.39 is 24.4 Å². The first-order valence-corrected chi connectivity index (χ1v) is 2.24. The smallest absolute Gasteiger partial charge is 0.321 e. The molecule has 0 unspecified atom stereocenters. The van der Waals surface area contributed by atoms with Crippen LogP contribution >= 0.6 is 0 Å². The molecule has 0 aliphatic heterocycles. The van der Waals surface area contributed by atoms with Crippen LogP contribution in [0.5, 0.6) is 0 Å². The van der Waals surface area contributed by atoms with Crippen molar-refractivity contribution in [1.29, 1.82) is 0 Å². The Bertz CT molecular complexity index is 142. The van der Waals surface area contributed by atoms with Gasteiger partial charge in [-0.05, 0) is 0 Å². The summed E-state index contributed by atoms with van der Waals surface area (Å²) in [6, 6.07) is -1.29.